The lowest BCUT2D eigenvalue weighted by Crippen LogP contribution is -2.07. The van der Waals surface area contributed by atoms with Gasteiger partial charge in [-0.15, -0.1) is 0 Å². The molecule has 0 radical (unpaired) electrons. The fourth-order valence-corrected chi connectivity index (χ4v) is 2.11. The highest BCUT2D eigenvalue weighted by molar-refractivity contribution is 7.90. The highest BCUT2D eigenvalue weighted by atomic mass is 32.2. The fourth-order valence-electron chi connectivity index (χ4n) is 1.42. The number of ether oxygens (including phenoxy) is 1. The molecule has 0 saturated heterocycles. The summed E-state index contributed by atoms with van der Waals surface area (Å²) in [4.78, 5) is 4.08. The van der Waals surface area contributed by atoms with Crippen molar-refractivity contribution >= 4 is 9.84 Å². The van der Waals surface area contributed by atoms with E-state index in [0.717, 1.165) is 0 Å². The zero-order chi connectivity index (χ0) is 12.9. The first-order valence-electron chi connectivity index (χ1n) is 5.29. The van der Waals surface area contributed by atoms with Crippen LogP contribution in [0.25, 0.3) is 0 Å². The second-order valence-corrected chi connectivity index (χ2v) is 6.15. The van der Waals surface area contributed by atoms with Crippen LogP contribution >= 0.6 is 0 Å². The Hall–Kier alpha value is -1.14. The minimum atomic E-state index is -2.97. The fraction of sp³-hybridized carbons (Fsp3) is 0.545. The molecule has 1 unspecified atom stereocenters. The van der Waals surface area contributed by atoms with Crippen molar-refractivity contribution in [3.05, 3.63) is 23.9 Å². The number of sulfone groups is 1. The summed E-state index contributed by atoms with van der Waals surface area (Å²) in [5, 5.41) is 9.82. The van der Waals surface area contributed by atoms with Crippen molar-refractivity contribution in [1.82, 2.24) is 4.98 Å². The van der Waals surface area contributed by atoms with Gasteiger partial charge in [0.2, 0.25) is 5.88 Å². The van der Waals surface area contributed by atoms with Crippen molar-refractivity contribution in [2.45, 2.75) is 18.9 Å². The van der Waals surface area contributed by atoms with E-state index >= 15 is 0 Å². The Morgan fingerprint density at radius 3 is 2.76 bits per heavy atom. The average molecular weight is 259 g/mol. The highest BCUT2D eigenvalue weighted by Crippen LogP contribution is 2.18. The van der Waals surface area contributed by atoms with Crippen LogP contribution in [0.15, 0.2) is 18.2 Å². The van der Waals surface area contributed by atoms with Crippen LogP contribution < -0.4 is 4.74 Å². The number of methoxy groups -OCH3 is 1. The summed E-state index contributed by atoms with van der Waals surface area (Å²) in [6, 6.07) is 5.11. The van der Waals surface area contributed by atoms with Crippen molar-refractivity contribution in [2.75, 3.05) is 19.1 Å². The highest BCUT2D eigenvalue weighted by Gasteiger charge is 2.11. The standard InChI is InChI=1S/C11H17NO4S/c1-16-11-7-3-5-9(12-11)10(13)6-4-8-17(2,14)15/h3,5,7,10,13H,4,6,8H2,1-2H3. The number of pyridine rings is 1. The number of aliphatic hydroxyl groups excluding tert-OH is 1. The largest absolute Gasteiger partial charge is 0.481 e. The molecule has 0 aliphatic rings. The van der Waals surface area contributed by atoms with Crippen LogP contribution in [0.3, 0.4) is 0 Å². The van der Waals surface area contributed by atoms with Gasteiger partial charge in [0.25, 0.3) is 0 Å². The summed E-state index contributed by atoms with van der Waals surface area (Å²) >= 11 is 0. The number of hydrogen-bond donors (Lipinski definition) is 1. The van der Waals surface area contributed by atoms with Gasteiger partial charge in [0, 0.05) is 18.1 Å². The Bertz CT molecular complexity index is 458. The molecule has 17 heavy (non-hydrogen) atoms. The van der Waals surface area contributed by atoms with Gasteiger partial charge in [0.05, 0.1) is 18.9 Å². The molecule has 1 aromatic heterocycles. The first-order chi connectivity index (χ1) is 7.92. The monoisotopic (exact) mass is 259 g/mol. The molecule has 0 bridgehead atoms. The van der Waals surface area contributed by atoms with Gasteiger partial charge >= 0.3 is 0 Å². The Morgan fingerprint density at radius 2 is 2.18 bits per heavy atom. The lowest BCUT2D eigenvalue weighted by molar-refractivity contribution is 0.161. The first-order valence-corrected chi connectivity index (χ1v) is 7.35. The van der Waals surface area contributed by atoms with E-state index in [1.54, 1.807) is 18.2 Å². The Morgan fingerprint density at radius 1 is 1.47 bits per heavy atom. The second kappa shape index (κ2) is 5.97. The van der Waals surface area contributed by atoms with Crippen molar-refractivity contribution in [2.24, 2.45) is 0 Å². The van der Waals surface area contributed by atoms with E-state index < -0.39 is 15.9 Å². The third-order valence-corrected chi connectivity index (χ3v) is 3.32. The molecule has 96 valence electrons. The topological polar surface area (TPSA) is 76.5 Å². The van der Waals surface area contributed by atoms with Gasteiger partial charge in [-0.05, 0) is 18.9 Å². The minimum absolute atomic E-state index is 0.0774. The molecular formula is C11H17NO4S. The quantitative estimate of drug-likeness (QED) is 0.823. The van der Waals surface area contributed by atoms with Gasteiger partial charge in [0.15, 0.2) is 0 Å². The molecular weight excluding hydrogens is 242 g/mol. The van der Waals surface area contributed by atoms with E-state index in [0.29, 0.717) is 24.4 Å². The summed E-state index contributed by atoms with van der Waals surface area (Å²) in [5.41, 5.74) is 0.498. The maximum Gasteiger partial charge on any atom is 0.213 e. The van der Waals surface area contributed by atoms with Crippen LogP contribution in [0.4, 0.5) is 0 Å². The van der Waals surface area contributed by atoms with Crippen molar-refractivity contribution in [3.63, 3.8) is 0 Å². The molecule has 1 rings (SSSR count). The number of rotatable bonds is 6. The van der Waals surface area contributed by atoms with E-state index in [9.17, 15) is 13.5 Å². The van der Waals surface area contributed by atoms with Gasteiger partial charge in [-0.1, -0.05) is 6.07 Å². The number of aliphatic hydroxyl groups is 1. The molecule has 1 N–H and O–H groups in total. The molecule has 0 fully saturated rings. The average Bonchev–Trinajstić information content (AvgIpc) is 2.27. The molecule has 0 amide bonds. The number of hydrogen-bond acceptors (Lipinski definition) is 5. The summed E-state index contributed by atoms with van der Waals surface area (Å²) in [6.07, 6.45) is 1.21. The molecule has 0 spiro atoms. The molecule has 0 saturated carbocycles. The molecule has 1 heterocycles. The lowest BCUT2D eigenvalue weighted by Gasteiger charge is -2.10. The van der Waals surface area contributed by atoms with Crippen molar-refractivity contribution in [3.8, 4) is 5.88 Å². The first kappa shape index (κ1) is 13.9. The summed E-state index contributed by atoms with van der Waals surface area (Å²) in [6.45, 7) is 0. The van der Waals surface area contributed by atoms with E-state index in [2.05, 4.69) is 4.98 Å². The van der Waals surface area contributed by atoms with Gasteiger partial charge < -0.3 is 9.84 Å². The van der Waals surface area contributed by atoms with E-state index in [1.165, 1.54) is 13.4 Å². The Balaban J connectivity index is 2.54. The minimum Gasteiger partial charge on any atom is -0.481 e. The molecule has 0 aliphatic heterocycles. The zero-order valence-corrected chi connectivity index (χ0v) is 10.8. The predicted octanol–water partition coefficient (Wildman–Crippen LogP) is 0.948. The third kappa shape index (κ3) is 5.14. The maximum absolute atomic E-state index is 10.9. The zero-order valence-electron chi connectivity index (χ0n) is 9.96. The third-order valence-electron chi connectivity index (χ3n) is 2.29. The second-order valence-electron chi connectivity index (χ2n) is 3.89. The molecule has 1 atom stereocenters. The van der Waals surface area contributed by atoms with Gasteiger partial charge in [-0.2, -0.15) is 0 Å². The van der Waals surface area contributed by atoms with Crippen LogP contribution in [0, 0.1) is 0 Å². The normalized spacial score (nSPS) is 13.4. The number of aromatic nitrogens is 1. The SMILES string of the molecule is COc1cccc(C(O)CCCS(C)(=O)=O)n1. The summed E-state index contributed by atoms with van der Waals surface area (Å²) < 4.78 is 26.8. The van der Waals surface area contributed by atoms with Crippen LogP contribution in [0.1, 0.15) is 24.6 Å². The molecule has 5 nitrogen and oxygen atoms in total. The van der Waals surface area contributed by atoms with Crippen molar-refractivity contribution < 1.29 is 18.3 Å². The van der Waals surface area contributed by atoms with Gasteiger partial charge in [-0.3, -0.25) is 0 Å². The Labute approximate surface area is 101 Å². The van der Waals surface area contributed by atoms with Crippen molar-refractivity contribution in [1.29, 1.82) is 0 Å². The smallest absolute Gasteiger partial charge is 0.213 e. The summed E-state index contributed by atoms with van der Waals surface area (Å²) in [5.74, 6) is 0.512. The number of nitrogens with zero attached hydrogens (tertiary/aromatic N) is 1. The molecule has 0 aliphatic carbocycles. The Kier molecular flexibility index (Phi) is 4.89. The van der Waals surface area contributed by atoms with Crippen LogP contribution in [0.2, 0.25) is 0 Å². The summed E-state index contributed by atoms with van der Waals surface area (Å²) in [7, 11) is -1.47. The van der Waals surface area contributed by atoms with Crippen LogP contribution in [-0.2, 0) is 9.84 Å². The van der Waals surface area contributed by atoms with Crippen LogP contribution in [0.5, 0.6) is 5.88 Å². The molecule has 1 aromatic rings. The predicted molar refractivity (Wildman–Crippen MR) is 64.7 cm³/mol. The molecule has 6 heteroatoms. The maximum atomic E-state index is 10.9. The van der Waals surface area contributed by atoms with E-state index in [4.69, 9.17) is 4.74 Å². The van der Waals surface area contributed by atoms with E-state index in [-0.39, 0.29) is 5.75 Å². The van der Waals surface area contributed by atoms with Gasteiger partial charge in [0.1, 0.15) is 9.84 Å². The van der Waals surface area contributed by atoms with Crippen LogP contribution in [-0.4, -0.2) is 37.6 Å². The molecule has 0 aromatic carbocycles. The lowest BCUT2D eigenvalue weighted by atomic mass is 10.1. The van der Waals surface area contributed by atoms with Gasteiger partial charge in [-0.25, -0.2) is 13.4 Å². The van der Waals surface area contributed by atoms with E-state index in [1.807, 2.05) is 0 Å².